The summed E-state index contributed by atoms with van der Waals surface area (Å²) in [4.78, 5) is 3.59. The molecule has 0 fully saturated rings. The molecule has 0 N–H and O–H groups in total. The number of halogens is 5. The van der Waals surface area contributed by atoms with Crippen LogP contribution in [0.15, 0.2) is 10.7 Å². The molecule has 0 aromatic carbocycles. The maximum absolute atomic E-state index is 12.3. The van der Waals surface area contributed by atoms with Crippen molar-refractivity contribution in [1.29, 1.82) is 0 Å². The Hall–Kier alpha value is 0.260. The highest BCUT2D eigenvalue weighted by Crippen LogP contribution is 2.31. The molecule has 1 aromatic heterocycles. The molecule has 0 unspecified atom stereocenters. The van der Waals surface area contributed by atoms with Crippen molar-refractivity contribution in [3.05, 3.63) is 26.9 Å². The Morgan fingerprint density at radius 3 is 2.62 bits per heavy atom. The van der Waals surface area contributed by atoms with Crippen LogP contribution in [-0.2, 0) is 5.33 Å². The monoisotopic (exact) mass is 333 g/mol. The molecule has 0 amide bonds. The van der Waals surface area contributed by atoms with E-state index in [1.165, 1.54) is 0 Å². The van der Waals surface area contributed by atoms with Crippen molar-refractivity contribution in [2.24, 2.45) is 0 Å². The summed E-state index contributed by atoms with van der Waals surface area (Å²) in [6.45, 7) is 0. The normalized spacial score (nSPS) is 10.9. The molecule has 0 aliphatic heterocycles. The zero-order valence-electron chi connectivity index (χ0n) is 6.20. The predicted molar refractivity (Wildman–Crippen MR) is 54.5 cm³/mol. The molecule has 1 rings (SSSR count). The van der Waals surface area contributed by atoms with Crippen LogP contribution in [0, 0.1) is 0 Å². The van der Waals surface area contributed by atoms with Crippen LogP contribution >= 0.6 is 43.5 Å². The first-order chi connectivity index (χ1) is 6.06. The van der Waals surface area contributed by atoms with Crippen LogP contribution in [0.1, 0.15) is 17.7 Å². The van der Waals surface area contributed by atoms with Crippen molar-refractivity contribution in [2.75, 3.05) is 0 Å². The SMILES string of the molecule is FC(F)c1nc(Br)cc(CBr)c1Cl. The molecule has 0 spiro atoms. The number of hydrogen-bond donors (Lipinski definition) is 0. The van der Waals surface area contributed by atoms with E-state index >= 15 is 0 Å². The van der Waals surface area contributed by atoms with Crippen LogP contribution in [0.25, 0.3) is 0 Å². The molecule has 0 aliphatic carbocycles. The molecule has 0 radical (unpaired) electrons. The lowest BCUT2D eigenvalue weighted by atomic mass is 10.2. The van der Waals surface area contributed by atoms with Gasteiger partial charge in [-0.2, -0.15) is 0 Å². The Kier molecular flexibility index (Phi) is 4.06. The summed E-state index contributed by atoms with van der Waals surface area (Å²) in [5, 5.41) is 0.447. The summed E-state index contributed by atoms with van der Waals surface area (Å²) >= 11 is 11.9. The molecule has 0 saturated heterocycles. The average Bonchev–Trinajstić information content (AvgIpc) is 2.08. The third kappa shape index (κ3) is 2.60. The van der Waals surface area contributed by atoms with Gasteiger partial charge in [0.1, 0.15) is 10.3 Å². The summed E-state index contributed by atoms with van der Waals surface area (Å²) in [6, 6.07) is 1.60. The highest BCUT2D eigenvalue weighted by atomic mass is 79.9. The van der Waals surface area contributed by atoms with Crippen LogP contribution < -0.4 is 0 Å². The van der Waals surface area contributed by atoms with E-state index in [0.717, 1.165) is 0 Å². The second kappa shape index (κ2) is 4.66. The highest BCUT2D eigenvalue weighted by Gasteiger charge is 2.17. The molecule has 0 saturated carbocycles. The first-order valence-electron chi connectivity index (χ1n) is 3.25. The minimum Gasteiger partial charge on any atom is -0.238 e. The van der Waals surface area contributed by atoms with E-state index in [4.69, 9.17) is 11.6 Å². The van der Waals surface area contributed by atoms with Gasteiger partial charge in [0.2, 0.25) is 0 Å². The van der Waals surface area contributed by atoms with Gasteiger partial charge in [0.05, 0.1) is 5.02 Å². The zero-order valence-corrected chi connectivity index (χ0v) is 10.1. The van der Waals surface area contributed by atoms with E-state index in [1.807, 2.05) is 0 Å². The number of pyridine rings is 1. The Morgan fingerprint density at radius 2 is 2.15 bits per heavy atom. The van der Waals surface area contributed by atoms with E-state index < -0.39 is 6.43 Å². The van der Waals surface area contributed by atoms with Crippen LogP contribution in [0.4, 0.5) is 8.78 Å². The molecule has 6 heteroatoms. The first kappa shape index (κ1) is 11.3. The van der Waals surface area contributed by atoms with Crippen molar-refractivity contribution >= 4 is 43.5 Å². The Labute approximate surface area is 95.8 Å². The van der Waals surface area contributed by atoms with Crippen molar-refractivity contribution < 1.29 is 8.78 Å². The van der Waals surface area contributed by atoms with Gasteiger partial charge in [-0.15, -0.1) is 0 Å². The molecule has 1 aromatic rings. The van der Waals surface area contributed by atoms with Gasteiger partial charge < -0.3 is 0 Å². The fourth-order valence-corrected chi connectivity index (χ4v) is 2.13. The van der Waals surface area contributed by atoms with Crippen molar-refractivity contribution in [1.82, 2.24) is 4.98 Å². The van der Waals surface area contributed by atoms with Crippen LogP contribution in [0.5, 0.6) is 0 Å². The van der Waals surface area contributed by atoms with Gasteiger partial charge in [-0.25, -0.2) is 13.8 Å². The van der Waals surface area contributed by atoms with Gasteiger partial charge in [-0.1, -0.05) is 27.5 Å². The van der Waals surface area contributed by atoms with Crippen molar-refractivity contribution in [3.8, 4) is 0 Å². The van der Waals surface area contributed by atoms with Gasteiger partial charge in [0.15, 0.2) is 0 Å². The third-order valence-corrected chi connectivity index (χ3v) is 2.82. The molecular weight excluding hydrogens is 331 g/mol. The fraction of sp³-hybridized carbons (Fsp3) is 0.286. The quantitative estimate of drug-likeness (QED) is 0.579. The smallest absolute Gasteiger partial charge is 0.238 e. The third-order valence-electron chi connectivity index (χ3n) is 1.38. The first-order valence-corrected chi connectivity index (χ1v) is 5.54. The van der Waals surface area contributed by atoms with Crippen LogP contribution in [-0.4, -0.2) is 4.98 Å². The fourth-order valence-electron chi connectivity index (χ4n) is 0.810. The number of aromatic nitrogens is 1. The van der Waals surface area contributed by atoms with E-state index in [0.29, 0.717) is 15.5 Å². The second-order valence-electron chi connectivity index (χ2n) is 2.24. The predicted octanol–water partition coefficient (Wildman–Crippen LogP) is 4.33. The summed E-state index contributed by atoms with van der Waals surface area (Å²) in [6.07, 6.45) is -2.65. The molecule has 0 atom stereocenters. The molecule has 0 bridgehead atoms. The maximum atomic E-state index is 12.3. The summed E-state index contributed by atoms with van der Waals surface area (Å²) in [7, 11) is 0. The van der Waals surface area contributed by atoms with E-state index in [1.54, 1.807) is 6.07 Å². The number of alkyl halides is 3. The maximum Gasteiger partial charge on any atom is 0.281 e. The standard InChI is InChI=1S/C7H4Br2ClF2N/c8-2-3-1-4(9)13-6(5(3)10)7(11)12/h1,7H,2H2. The lowest BCUT2D eigenvalue weighted by molar-refractivity contribution is 0.146. The average molecular weight is 335 g/mol. The Morgan fingerprint density at radius 1 is 1.54 bits per heavy atom. The molecular formula is C7H4Br2ClF2N. The largest absolute Gasteiger partial charge is 0.281 e. The number of hydrogen-bond acceptors (Lipinski definition) is 1. The van der Waals surface area contributed by atoms with E-state index in [9.17, 15) is 8.78 Å². The summed E-state index contributed by atoms with van der Waals surface area (Å²) < 4.78 is 25.0. The number of nitrogens with zero attached hydrogens (tertiary/aromatic N) is 1. The lowest BCUT2D eigenvalue weighted by Gasteiger charge is -2.06. The summed E-state index contributed by atoms with van der Waals surface area (Å²) in [5.74, 6) is 0. The molecule has 72 valence electrons. The van der Waals surface area contributed by atoms with Crippen LogP contribution in [0.2, 0.25) is 5.02 Å². The van der Waals surface area contributed by atoms with Gasteiger partial charge in [-0.3, -0.25) is 0 Å². The van der Waals surface area contributed by atoms with E-state index in [2.05, 4.69) is 36.8 Å². The molecule has 13 heavy (non-hydrogen) atoms. The second-order valence-corrected chi connectivity index (χ2v) is 3.99. The zero-order chi connectivity index (χ0) is 10.0. The van der Waals surface area contributed by atoms with Gasteiger partial charge in [0.25, 0.3) is 6.43 Å². The molecule has 0 aliphatic rings. The van der Waals surface area contributed by atoms with Crippen molar-refractivity contribution in [3.63, 3.8) is 0 Å². The number of rotatable bonds is 2. The minimum absolute atomic E-state index is 0.0232. The van der Waals surface area contributed by atoms with Gasteiger partial charge in [0, 0.05) is 5.33 Å². The lowest BCUT2D eigenvalue weighted by Crippen LogP contribution is -1.95. The highest BCUT2D eigenvalue weighted by molar-refractivity contribution is 9.10. The van der Waals surface area contributed by atoms with E-state index in [-0.39, 0.29) is 10.7 Å². The van der Waals surface area contributed by atoms with Crippen molar-refractivity contribution in [2.45, 2.75) is 11.8 Å². The Bertz CT molecular complexity index is 320. The molecule has 1 heterocycles. The topological polar surface area (TPSA) is 12.9 Å². The summed E-state index contributed by atoms with van der Waals surface area (Å²) in [5.41, 5.74) is 0.212. The van der Waals surface area contributed by atoms with Crippen LogP contribution in [0.3, 0.4) is 0 Å². The molecule has 1 nitrogen and oxygen atoms in total. The van der Waals surface area contributed by atoms with Gasteiger partial charge in [-0.05, 0) is 27.6 Å². The Balaban J connectivity index is 3.27. The van der Waals surface area contributed by atoms with Gasteiger partial charge >= 0.3 is 0 Å². The minimum atomic E-state index is -2.65.